The van der Waals surface area contributed by atoms with Crippen LogP contribution in [0.25, 0.3) is 0 Å². The summed E-state index contributed by atoms with van der Waals surface area (Å²) >= 11 is 0. The number of rotatable bonds is 8. The number of carbonyl (C=O) groups is 2. The van der Waals surface area contributed by atoms with Crippen molar-refractivity contribution < 1.29 is 19.1 Å². The van der Waals surface area contributed by atoms with Crippen molar-refractivity contribution in [2.75, 3.05) is 0 Å². The van der Waals surface area contributed by atoms with Gasteiger partial charge in [0.1, 0.15) is 12.6 Å². The second-order valence-electron chi connectivity index (χ2n) is 6.28. The Balaban J connectivity index is 2.59. The van der Waals surface area contributed by atoms with E-state index in [9.17, 15) is 14.4 Å². The van der Waals surface area contributed by atoms with Crippen molar-refractivity contribution in [1.82, 2.24) is 10.6 Å². The lowest BCUT2D eigenvalue weighted by molar-refractivity contribution is -0.124. The molecule has 2 atom stereocenters. The summed E-state index contributed by atoms with van der Waals surface area (Å²) in [6.07, 6.45) is 1.12. The monoisotopic (exact) mass is 333 g/mol. The lowest BCUT2D eigenvalue weighted by Crippen LogP contribution is -2.53. The summed E-state index contributed by atoms with van der Waals surface area (Å²) in [7, 11) is 0. The van der Waals surface area contributed by atoms with E-state index in [-0.39, 0.29) is 18.4 Å². The summed E-state index contributed by atoms with van der Waals surface area (Å²) < 4.78 is 5.13. The lowest BCUT2D eigenvalue weighted by Gasteiger charge is -2.24. The van der Waals surface area contributed by atoms with Gasteiger partial charge in [-0.25, -0.2) is 4.79 Å². The molecule has 131 valence electrons. The summed E-state index contributed by atoms with van der Waals surface area (Å²) in [5.74, 6) is -0.665. The van der Waals surface area contributed by atoms with Gasteiger partial charge in [0.15, 0.2) is 0 Å². The normalized spacial score (nSPS) is 13.2. The molecule has 6 nitrogen and oxygen atoms in total. The van der Waals surface area contributed by atoms with E-state index in [1.54, 1.807) is 20.1 Å². The maximum atomic E-state index is 12.3. The highest BCUT2D eigenvalue weighted by molar-refractivity contribution is 5.87. The van der Waals surface area contributed by atoms with E-state index in [1.807, 2.05) is 44.2 Å². The minimum atomic E-state index is -0.789. The van der Waals surface area contributed by atoms with Crippen LogP contribution in [-0.2, 0) is 20.9 Å². The first-order valence-corrected chi connectivity index (χ1v) is 8.00. The fourth-order valence-corrected chi connectivity index (χ4v) is 2.00. The average Bonchev–Trinajstić information content (AvgIpc) is 2.55. The van der Waals surface area contributed by atoms with Crippen molar-refractivity contribution in [2.24, 2.45) is 11.8 Å². The SMILES string of the molecule is CC(C)[C@H](NC(=O)OCc1ccccc1)C(=O)N[C@H]([C]=O)C(C)C. The Kier molecular flexibility index (Phi) is 7.95. The highest BCUT2D eigenvalue weighted by Crippen LogP contribution is 2.06. The molecule has 0 bridgehead atoms. The van der Waals surface area contributed by atoms with Gasteiger partial charge in [0, 0.05) is 0 Å². The molecule has 0 aromatic heterocycles. The van der Waals surface area contributed by atoms with Crippen LogP contribution < -0.4 is 10.6 Å². The van der Waals surface area contributed by atoms with Crippen LogP contribution in [0.2, 0.25) is 0 Å². The molecule has 0 fully saturated rings. The van der Waals surface area contributed by atoms with Crippen molar-refractivity contribution >= 4 is 18.3 Å². The van der Waals surface area contributed by atoms with Crippen molar-refractivity contribution in [1.29, 1.82) is 0 Å². The van der Waals surface area contributed by atoms with Gasteiger partial charge in [0.25, 0.3) is 0 Å². The standard InChI is InChI=1S/C18H25N2O4/c1-12(2)15(10-21)19-17(22)16(13(3)4)20-18(23)24-11-14-8-6-5-7-9-14/h5-9,12-13,15-16H,11H2,1-4H3,(H,19,22)(H,20,23)/t15-,16+/m1/s1. The molecule has 0 aliphatic rings. The Labute approximate surface area is 143 Å². The molecule has 24 heavy (non-hydrogen) atoms. The highest BCUT2D eigenvalue weighted by Gasteiger charge is 2.27. The number of ether oxygens (including phenoxy) is 1. The Morgan fingerprint density at radius 2 is 1.67 bits per heavy atom. The molecule has 6 heteroatoms. The Morgan fingerprint density at radius 3 is 2.17 bits per heavy atom. The summed E-state index contributed by atoms with van der Waals surface area (Å²) in [5, 5.41) is 5.15. The number of carbonyl (C=O) groups excluding carboxylic acids is 3. The fraction of sp³-hybridized carbons (Fsp3) is 0.500. The van der Waals surface area contributed by atoms with Gasteiger partial charge in [0.2, 0.25) is 12.2 Å². The van der Waals surface area contributed by atoms with E-state index in [4.69, 9.17) is 4.74 Å². The second kappa shape index (κ2) is 9.70. The minimum absolute atomic E-state index is 0.0794. The van der Waals surface area contributed by atoms with Crippen molar-refractivity contribution in [3.63, 3.8) is 0 Å². The van der Waals surface area contributed by atoms with E-state index in [0.29, 0.717) is 0 Å². The predicted octanol–water partition coefficient (Wildman–Crippen LogP) is 2.19. The zero-order valence-corrected chi connectivity index (χ0v) is 14.5. The van der Waals surface area contributed by atoms with E-state index >= 15 is 0 Å². The molecule has 1 radical (unpaired) electrons. The molecule has 0 saturated carbocycles. The maximum absolute atomic E-state index is 12.3. The molecular formula is C18H25N2O4. The Morgan fingerprint density at radius 1 is 1.04 bits per heavy atom. The van der Waals surface area contributed by atoms with Gasteiger partial charge in [-0.1, -0.05) is 58.0 Å². The molecule has 2 N–H and O–H groups in total. The van der Waals surface area contributed by atoms with Crippen molar-refractivity contribution in [2.45, 2.75) is 46.4 Å². The summed E-state index contributed by atoms with van der Waals surface area (Å²) in [4.78, 5) is 35.1. The van der Waals surface area contributed by atoms with Gasteiger partial charge >= 0.3 is 6.09 Å². The molecular weight excluding hydrogens is 308 g/mol. The molecule has 0 saturated heterocycles. The number of benzene rings is 1. The van der Waals surface area contributed by atoms with E-state index in [0.717, 1.165) is 5.56 Å². The van der Waals surface area contributed by atoms with Gasteiger partial charge in [-0.15, -0.1) is 0 Å². The highest BCUT2D eigenvalue weighted by atomic mass is 16.5. The number of hydrogen-bond acceptors (Lipinski definition) is 4. The first kappa shape index (κ1) is 19.7. The molecule has 0 aliphatic carbocycles. The number of alkyl carbamates (subject to hydrolysis) is 1. The largest absolute Gasteiger partial charge is 0.445 e. The Bertz CT molecular complexity index is 543. The van der Waals surface area contributed by atoms with Gasteiger partial charge in [-0.3, -0.25) is 9.59 Å². The quantitative estimate of drug-likeness (QED) is 0.764. The molecule has 1 aromatic carbocycles. The summed E-state index contributed by atoms with van der Waals surface area (Å²) in [6.45, 7) is 7.34. The maximum Gasteiger partial charge on any atom is 0.408 e. The number of amides is 2. The van der Waals surface area contributed by atoms with Crippen LogP contribution in [0.3, 0.4) is 0 Å². The second-order valence-corrected chi connectivity index (χ2v) is 6.28. The zero-order valence-electron chi connectivity index (χ0n) is 14.5. The molecule has 0 spiro atoms. The predicted molar refractivity (Wildman–Crippen MR) is 90.9 cm³/mol. The third-order valence-electron chi connectivity index (χ3n) is 3.53. The van der Waals surface area contributed by atoms with Crippen molar-refractivity contribution in [3.05, 3.63) is 35.9 Å². The number of hydrogen-bond donors (Lipinski definition) is 2. The van der Waals surface area contributed by atoms with Crippen LogP contribution >= 0.6 is 0 Å². The molecule has 0 aliphatic heterocycles. The molecule has 0 unspecified atom stereocenters. The third-order valence-corrected chi connectivity index (χ3v) is 3.53. The fourth-order valence-electron chi connectivity index (χ4n) is 2.00. The van der Waals surface area contributed by atoms with Crippen LogP contribution in [0.1, 0.15) is 33.3 Å². The van der Waals surface area contributed by atoms with Gasteiger partial charge in [-0.2, -0.15) is 0 Å². The summed E-state index contributed by atoms with van der Waals surface area (Å²) in [6, 6.07) is 7.76. The van der Waals surface area contributed by atoms with Gasteiger partial charge in [-0.05, 0) is 17.4 Å². The minimum Gasteiger partial charge on any atom is -0.445 e. The van der Waals surface area contributed by atoms with E-state index < -0.39 is 24.1 Å². The first-order chi connectivity index (χ1) is 11.3. The molecule has 2 amide bonds. The van der Waals surface area contributed by atoms with Crippen molar-refractivity contribution in [3.8, 4) is 0 Å². The lowest BCUT2D eigenvalue weighted by atomic mass is 10.0. The number of nitrogens with one attached hydrogen (secondary N) is 2. The van der Waals surface area contributed by atoms with Crippen LogP contribution in [0.4, 0.5) is 4.79 Å². The first-order valence-electron chi connectivity index (χ1n) is 8.00. The topological polar surface area (TPSA) is 84.5 Å². The molecule has 1 rings (SSSR count). The van der Waals surface area contributed by atoms with Gasteiger partial charge in [0.05, 0.1) is 6.04 Å². The van der Waals surface area contributed by atoms with Crippen LogP contribution in [-0.4, -0.2) is 30.4 Å². The van der Waals surface area contributed by atoms with E-state index in [2.05, 4.69) is 10.6 Å². The van der Waals surface area contributed by atoms with Crippen LogP contribution in [0, 0.1) is 11.8 Å². The average molecular weight is 333 g/mol. The smallest absolute Gasteiger partial charge is 0.408 e. The van der Waals surface area contributed by atoms with Gasteiger partial charge < -0.3 is 15.4 Å². The van der Waals surface area contributed by atoms with E-state index in [1.165, 1.54) is 0 Å². The third kappa shape index (κ3) is 6.40. The molecule has 1 aromatic rings. The van der Waals surface area contributed by atoms with Crippen LogP contribution in [0.15, 0.2) is 30.3 Å². The molecule has 0 heterocycles. The summed E-state index contributed by atoms with van der Waals surface area (Å²) in [5.41, 5.74) is 0.855. The zero-order chi connectivity index (χ0) is 18.1. The van der Waals surface area contributed by atoms with Crippen LogP contribution in [0.5, 0.6) is 0 Å². The Hall–Kier alpha value is -2.37.